The minimum absolute atomic E-state index is 0.118. The van der Waals surface area contributed by atoms with Gasteiger partial charge in [-0.25, -0.2) is 0 Å². The third-order valence-electron chi connectivity index (χ3n) is 2.22. The molecule has 10 heteroatoms. The number of carbonyl (C=O) groups is 4. The number of ether oxygens (including phenoxy) is 4. The van der Waals surface area contributed by atoms with E-state index in [1.165, 1.54) is 13.8 Å². The predicted octanol–water partition coefficient (Wildman–Crippen LogP) is 1.07. The molecule has 22 heavy (non-hydrogen) atoms. The van der Waals surface area contributed by atoms with Gasteiger partial charge in [-0.05, 0) is 0 Å². The van der Waals surface area contributed by atoms with E-state index >= 15 is 0 Å². The van der Waals surface area contributed by atoms with Gasteiger partial charge in [-0.2, -0.15) is 0 Å². The third-order valence-corrected chi connectivity index (χ3v) is 3.27. The Labute approximate surface area is 144 Å². The zero-order valence-electron chi connectivity index (χ0n) is 12.1. The highest BCUT2D eigenvalue weighted by molar-refractivity contribution is 9.24. The highest BCUT2D eigenvalue weighted by Gasteiger charge is 2.40. The van der Waals surface area contributed by atoms with Crippen LogP contribution in [0.15, 0.2) is 0 Å². The largest absolute Gasteiger partial charge is 0.462 e. The first-order valence-corrected chi connectivity index (χ1v) is 7.87. The monoisotopic (exact) mass is 446 g/mol. The van der Waals surface area contributed by atoms with Gasteiger partial charge in [0.15, 0.2) is 18.3 Å². The Hall–Kier alpha value is -1.16. The molecule has 0 radical (unpaired) electrons. The van der Waals surface area contributed by atoms with Gasteiger partial charge in [-0.15, -0.1) is 0 Å². The number of hydrogen-bond acceptors (Lipinski definition) is 8. The normalized spacial score (nSPS) is 14.5. The molecular formula is C12H16Br2O8. The van der Waals surface area contributed by atoms with Crippen LogP contribution < -0.4 is 0 Å². The van der Waals surface area contributed by atoms with Gasteiger partial charge in [0.05, 0.1) is 0 Å². The van der Waals surface area contributed by atoms with Gasteiger partial charge in [0, 0.05) is 20.8 Å². The highest BCUT2D eigenvalue weighted by atomic mass is 79.9. The number of rotatable bonds is 9. The summed E-state index contributed by atoms with van der Waals surface area (Å²) >= 11 is 6.31. The Balaban J connectivity index is 5.37. The fraction of sp³-hybridized carbons (Fsp3) is 0.667. The summed E-state index contributed by atoms with van der Waals surface area (Å²) in [7, 11) is 0. The van der Waals surface area contributed by atoms with E-state index < -0.39 is 40.0 Å². The van der Waals surface area contributed by atoms with E-state index in [1.54, 1.807) is 0 Å². The summed E-state index contributed by atoms with van der Waals surface area (Å²) in [5.41, 5.74) is 0. The Morgan fingerprint density at radius 1 is 0.955 bits per heavy atom. The van der Waals surface area contributed by atoms with Crippen molar-refractivity contribution >= 4 is 56.2 Å². The van der Waals surface area contributed by atoms with Crippen molar-refractivity contribution in [1.82, 2.24) is 0 Å². The van der Waals surface area contributed by atoms with Crippen LogP contribution in [-0.2, 0) is 38.1 Å². The van der Waals surface area contributed by atoms with Gasteiger partial charge in [0.2, 0.25) is 0 Å². The Morgan fingerprint density at radius 3 is 1.82 bits per heavy atom. The predicted molar refractivity (Wildman–Crippen MR) is 80.3 cm³/mol. The fourth-order valence-corrected chi connectivity index (χ4v) is 2.30. The van der Waals surface area contributed by atoms with E-state index in [2.05, 4.69) is 31.9 Å². The number of carbonyl (C=O) groups excluding carboxylic acids is 4. The lowest BCUT2D eigenvalue weighted by atomic mass is 10.1. The molecule has 0 aromatic heterocycles. The number of halogens is 2. The van der Waals surface area contributed by atoms with Crippen LogP contribution in [0.5, 0.6) is 0 Å². The Kier molecular flexibility index (Phi) is 9.99. The van der Waals surface area contributed by atoms with Crippen LogP contribution in [0.4, 0.5) is 0 Å². The summed E-state index contributed by atoms with van der Waals surface area (Å²) < 4.78 is 19.1. The smallest absolute Gasteiger partial charge is 0.303 e. The molecule has 0 aliphatic carbocycles. The quantitative estimate of drug-likeness (QED) is 0.223. The number of alkyl halides is 2. The molecule has 0 fully saturated rings. The van der Waals surface area contributed by atoms with Crippen molar-refractivity contribution in [3.05, 3.63) is 0 Å². The van der Waals surface area contributed by atoms with Crippen molar-refractivity contribution in [2.24, 2.45) is 0 Å². The second kappa shape index (κ2) is 10.5. The van der Waals surface area contributed by atoms with Gasteiger partial charge < -0.3 is 18.9 Å². The Morgan fingerprint density at radius 2 is 1.45 bits per heavy atom. The molecule has 0 saturated heterocycles. The average Bonchev–Trinajstić information content (AvgIpc) is 2.37. The molecule has 0 heterocycles. The number of hydrogen-bond donors (Lipinski definition) is 0. The van der Waals surface area contributed by atoms with E-state index in [0.29, 0.717) is 0 Å². The zero-order chi connectivity index (χ0) is 17.3. The summed E-state index contributed by atoms with van der Waals surface area (Å²) in [5.74, 6) is -1.94. The first kappa shape index (κ1) is 20.8. The SMILES string of the molecule is CC(=O)OC[C@@H](OC=O)[C@@H](OC(C)=O)[C@H](OC(C)=O)C(Br)Br. The van der Waals surface area contributed by atoms with Crippen LogP contribution in [0, 0.1) is 0 Å². The van der Waals surface area contributed by atoms with E-state index in [1.807, 2.05) is 0 Å². The zero-order valence-corrected chi connectivity index (χ0v) is 15.3. The minimum Gasteiger partial charge on any atom is -0.462 e. The van der Waals surface area contributed by atoms with E-state index in [0.717, 1.165) is 6.92 Å². The maximum Gasteiger partial charge on any atom is 0.303 e. The van der Waals surface area contributed by atoms with E-state index in [-0.39, 0.29) is 13.1 Å². The van der Waals surface area contributed by atoms with Crippen molar-refractivity contribution in [3.63, 3.8) is 0 Å². The molecule has 0 bridgehead atoms. The molecule has 0 rings (SSSR count). The highest BCUT2D eigenvalue weighted by Crippen LogP contribution is 2.25. The summed E-state index contributed by atoms with van der Waals surface area (Å²) in [4.78, 5) is 44.0. The molecule has 126 valence electrons. The third kappa shape index (κ3) is 8.32. The molecule has 0 saturated carbocycles. The molecule has 0 spiro atoms. The van der Waals surface area contributed by atoms with Gasteiger partial charge in [-0.3, -0.25) is 19.2 Å². The van der Waals surface area contributed by atoms with Gasteiger partial charge >= 0.3 is 17.9 Å². The maximum absolute atomic E-state index is 11.3. The molecule has 0 aromatic carbocycles. The first-order chi connectivity index (χ1) is 10.2. The van der Waals surface area contributed by atoms with Crippen molar-refractivity contribution in [1.29, 1.82) is 0 Å². The molecule has 0 amide bonds. The van der Waals surface area contributed by atoms with Crippen LogP contribution in [0.2, 0.25) is 0 Å². The molecule has 0 unspecified atom stereocenters. The molecule has 8 nitrogen and oxygen atoms in total. The summed E-state index contributed by atoms with van der Waals surface area (Å²) in [6.07, 6.45) is -3.36. The van der Waals surface area contributed by atoms with Crippen molar-refractivity contribution in [2.75, 3.05) is 6.61 Å². The maximum atomic E-state index is 11.3. The van der Waals surface area contributed by atoms with E-state index in [9.17, 15) is 19.2 Å². The van der Waals surface area contributed by atoms with Crippen LogP contribution in [-0.4, -0.2) is 53.0 Å². The molecule has 3 atom stereocenters. The molecule has 0 aromatic rings. The summed E-state index contributed by atoms with van der Waals surface area (Å²) in [5, 5.41) is 0. The second-order valence-corrected chi connectivity index (χ2v) is 7.26. The van der Waals surface area contributed by atoms with Crippen LogP contribution >= 0.6 is 31.9 Å². The van der Waals surface area contributed by atoms with Crippen molar-refractivity contribution in [2.45, 2.75) is 42.8 Å². The average molecular weight is 448 g/mol. The molecule has 0 aliphatic heterocycles. The second-order valence-electron chi connectivity index (χ2n) is 4.06. The van der Waals surface area contributed by atoms with Crippen LogP contribution in [0.3, 0.4) is 0 Å². The summed E-state index contributed by atoms with van der Waals surface area (Å²) in [6, 6.07) is 0. The molecule has 0 aliphatic rings. The first-order valence-electron chi connectivity index (χ1n) is 6.04. The van der Waals surface area contributed by atoms with Crippen LogP contribution in [0.1, 0.15) is 20.8 Å². The standard InChI is InChI=1S/C12H16Br2O8/c1-6(16)19-4-9(20-5-15)10(21-7(2)17)11(12(13)14)22-8(3)18/h5,9-12H,4H2,1-3H3/t9-,10-,11+/m1/s1. The molecular weight excluding hydrogens is 432 g/mol. The molecule has 0 N–H and O–H groups in total. The Bertz CT molecular complexity index is 412. The minimum atomic E-state index is -1.19. The van der Waals surface area contributed by atoms with Gasteiger partial charge in [0.1, 0.15) is 10.3 Å². The number of esters is 3. The fourth-order valence-electron chi connectivity index (χ4n) is 1.48. The van der Waals surface area contributed by atoms with Gasteiger partial charge in [0.25, 0.3) is 6.47 Å². The lowest BCUT2D eigenvalue weighted by molar-refractivity contribution is -0.183. The van der Waals surface area contributed by atoms with Crippen LogP contribution in [0.25, 0.3) is 0 Å². The summed E-state index contributed by atoms with van der Waals surface area (Å²) in [6.45, 7) is 3.23. The lowest BCUT2D eigenvalue weighted by Crippen LogP contribution is -2.49. The van der Waals surface area contributed by atoms with Gasteiger partial charge in [-0.1, -0.05) is 31.9 Å². The lowest BCUT2D eigenvalue weighted by Gasteiger charge is -2.31. The topological polar surface area (TPSA) is 105 Å². The van der Waals surface area contributed by atoms with Crippen molar-refractivity contribution in [3.8, 4) is 0 Å². The van der Waals surface area contributed by atoms with E-state index in [4.69, 9.17) is 18.9 Å². The van der Waals surface area contributed by atoms with Crippen molar-refractivity contribution < 1.29 is 38.1 Å².